The zero-order valence-electron chi connectivity index (χ0n) is 21.4. The number of phenols is 1. The Hall–Kier alpha value is -5.19. The monoisotopic (exact) mass is 573 g/mol. The average molecular weight is 573 g/mol. The SMILES string of the molecule is CCOC1OCOc2cccc([N+](=O)[O-])c21.O=Cc1c(O)cccc1[N+](=O)[O-].O=[N+]([O-])c1cccc2c1COCO2. The molecule has 0 fully saturated rings. The first-order valence-corrected chi connectivity index (χ1v) is 11.7. The molecule has 0 aliphatic carbocycles. The molecule has 1 N–H and O–H groups in total. The van der Waals surface area contributed by atoms with E-state index in [0.29, 0.717) is 29.2 Å². The summed E-state index contributed by atoms with van der Waals surface area (Å²) in [5, 5.41) is 40.7. The minimum atomic E-state index is -0.727. The Bertz CT molecular complexity index is 1430. The van der Waals surface area contributed by atoms with Gasteiger partial charge in [0.15, 0.2) is 26.2 Å². The molecule has 2 heterocycles. The molecule has 16 heteroatoms. The van der Waals surface area contributed by atoms with Crippen molar-refractivity contribution < 1.29 is 48.4 Å². The first kappa shape index (κ1) is 30.4. The fraction of sp³-hybridized carbons (Fsp3) is 0.240. The molecule has 2 aliphatic rings. The molecule has 3 aromatic carbocycles. The van der Waals surface area contributed by atoms with Crippen LogP contribution in [0, 0.1) is 30.3 Å². The lowest BCUT2D eigenvalue weighted by Gasteiger charge is -2.25. The summed E-state index contributed by atoms with van der Waals surface area (Å²) in [7, 11) is 0. The van der Waals surface area contributed by atoms with Crippen LogP contribution in [0.3, 0.4) is 0 Å². The maximum Gasteiger partial charge on any atom is 0.283 e. The predicted molar refractivity (Wildman–Crippen MR) is 138 cm³/mol. The first-order chi connectivity index (χ1) is 19.7. The van der Waals surface area contributed by atoms with Gasteiger partial charge >= 0.3 is 0 Å². The number of carbonyl (C=O) groups is 1. The Kier molecular flexibility index (Phi) is 10.6. The lowest BCUT2D eigenvalue weighted by molar-refractivity contribution is -0.388. The molecule has 0 bridgehead atoms. The van der Waals surface area contributed by atoms with Crippen molar-refractivity contribution in [1.29, 1.82) is 0 Å². The molecule has 3 aromatic rings. The summed E-state index contributed by atoms with van der Waals surface area (Å²) in [6.07, 6.45) is -0.469. The van der Waals surface area contributed by atoms with E-state index in [1.807, 2.05) is 0 Å². The summed E-state index contributed by atoms with van der Waals surface area (Å²) in [5.74, 6) is 0.610. The number of aldehydes is 1. The number of benzene rings is 3. The maximum absolute atomic E-state index is 10.9. The minimum absolute atomic E-state index is 0.0405. The lowest BCUT2D eigenvalue weighted by atomic mass is 10.1. The van der Waals surface area contributed by atoms with E-state index >= 15 is 0 Å². The van der Waals surface area contributed by atoms with Gasteiger partial charge in [-0.05, 0) is 25.1 Å². The molecule has 5 rings (SSSR count). The van der Waals surface area contributed by atoms with Gasteiger partial charge < -0.3 is 28.8 Å². The second-order valence-corrected chi connectivity index (χ2v) is 7.87. The molecule has 41 heavy (non-hydrogen) atoms. The summed E-state index contributed by atoms with van der Waals surface area (Å²) >= 11 is 0. The molecular formula is C25H23N3O13. The summed E-state index contributed by atoms with van der Waals surface area (Å²) in [6.45, 7) is 2.66. The van der Waals surface area contributed by atoms with Gasteiger partial charge in [0.05, 0.1) is 26.9 Å². The Balaban J connectivity index is 0.000000171. The molecule has 0 amide bonds. The van der Waals surface area contributed by atoms with Crippen LogP contribution in [0.4, 0.5) is 17.1 Å². The van der Waals surface area contributed by atoms with Crippen LogP contribution >= 0.6 is 0 Å². The second-order valence-electron chi connectivity index (χ2n) is 7.87. The molecule has 0 saturated carbocycles. The highest BCUT2D eigenvalue weighted by Crippen LogP contribution is 2.39. The average Bonchev–Trinajstić information content (AvgIpc) is 2.97. The van der Waals surface area contributed by atoms with Crippen molar-refractivity contribution in [3.05, 3.63) is 102 Å². The van der Waals surface area contributed by atoms with Crippen LogP contribution in [-0.2, 0) is 20.8 Å². The summed E-state index contributed by atoms with van der Waals surface area (Å²) in [5.41, 5.74) is 0.194. The zero-order chi connectivity index (χ0) is 29.9. The number of rotatable bonds is 6. The number of nitro groups is 3. The van der Waals surface area contributed by atoms with E-state index in [1.165, 1.54) is 24.3 Å². The van der Waals surface area contributed by atoms with E-state index in [-0.39, 0.29) is 54.9 Å². The maximum atomic E-state index is 10.9. The number of phenolic OH excluding ortho intramolecular Hbond substituents is 1. The van der Waals surface area contributed by atoms with Gasteiger partial charge in [0.25, 0.3) is 17.1 Å². The van der Waals surface area contributed by atoms with Gasteiger partial charge in [-0.15, -0.1) is 0 Å². The summed E-state index contributed by atoms with van der Waals surface area (Å²) in [6, 6.07) is 13.1. The van der Waals surface area contributed by atoms with Crippen molar-refractivity contribution in [2.24, 2.45) is 0 Å². The van der Waals surface area contributed by atoms with Crippen LogP contribution in [0.1, 0.15) is 34.7 Å². The molecular weight excluding hydrogens is 550 g/mol. The van der Waals surface area contributed by atoms with Crippen LogP contribution in [0.5, 0.6) is 17.2 Å². The smallest absolute Gasteiger partial charge is 0.283 e. The van der Waals surface area contributed by atoms with Gasteiger partial charge in [-0.25, -0.2) is 0 Å². The largest absolute Gasteiger partial charge is 0.507 e. The molecule has 1 atom stereocenters. The van der Waals surface area contributed by atoms with Gasteiger partial charge in [0, 0.05) is 24.8 Å². The van der Waals surface area contributed by atoms with Crippen LogP contribution in [0.15, 0.2) is 54.6 Å². The molecule has 0 spiro atoms. The fourth-order valence-electron chi connectivity index (χ4n) is 3.66. The number of carbonyl (C=O) groups excluding carboxylic acids is 1. The predicted octanol–water partition coefficient (Wildman–Crippen LogP) is 4.57. The Labute approximate surface area is 231 Å². The third-order valence-corrected chi connectivity index (χ3v) is 5.45. The van der Waals surface area contributed by atoms with Crippen molar-refractivity contribution in [3.63, 3.8) is 0 Å². The van der Waals surface area contributed by atoms with E-state index in [0.717, 1.165) is 6.07 Å². The molecule has 1 unspecified atom stereocenters. The molecule has 0 radical (unpaired) electrons. The Morgan fingerprint density at radius 3 is 2.07 bits per heavy atom. The van der Waals surface area contributed by atoms with Gasteiger partial charge in [-0.2, -0.15) is 0 Å². The Morgan fingerprint density at radius 1 is 0.878 bits per heavy atom. The van der Waals surface area contributed by atoms with Crippen molar-refractivity contribution in [1.82, 2.24) is 0 Å². The lowest BCUT2D eigenvalue weighted by Crippen LogP contribution is -2.20. The van der Waals surface area contributed by atoms with Gasteiger partial charge in [0.2, 0.25) is 0 Å². The Morgan fingerprint density at radius 2 is 1.46 bits per heavy atom. The minimum Gasteiger partial charge on any atom is -0.507 e. The van der Waals surface area contributed by atoms with Crippen LogP contribution < -0.4 is 9.47 Å². The van der Waals surface area contributed by atoms with Crippen LogP contribution in [0.25, 0.3) is 0 Å². The second kappa shape index (κ2) is 14.3. The number of hydrogen-bond acceptors (Lipinski definition) is 13. The molecule has 0 saturated heterocycles. The normalized spacial score (nSPS) is 14.6. The highest BCUT2D eigenvalue weighted by Gasteiger charge is 2.31. The van der Waals surface area contributed by atoms with E-state index in [2.05, 4.69) is 0 Å². The number of nitrogens with zero attached hydrogens (tertiary/aromatic N) is 3. The van der Waals surface area contributed by atoms with Crippen molar-refractivity contribution >= 4 is 23.3 Å². The van der Waals surface area contributed by atoms with Crippen molar-refractivity contribution in [2.45, 2.75) is 19.8 Å². The molecule has 0 aromatic heterocycles. The van der Waals surface area contributed by atoms with E-state index in [9.17, 15) is 35.1 Å². The molecule has 16 nitrogen and oxygen atoms in total. The van der Waals surface area contributed by atoms with Crippen molar-refractivity contribution in [3.8, 4) is 17.2 Å². The standard InChI is InChI=1S/C10H11NO5.C8H7NO4.C7H5NO4/c1-2-14-10-9-7(11(12)13)4-3-5-8(9)15-6-16-10;10-9(11)7-2-1-3-8-6(7)4-12-5-13-8;9-4-5-6(8(11)12)2-1-3-7(5)10/h3-5,10H,2,6H2,1H3;1-3H,4-5H2;1-4,10H. The summed E-state index contributed by atoms with van der Waals surface area (Å²) < 4.78 is 25.7. The number of hydrogen-bond donors (Lipinski definition) is 1. The third-order valence-electron chi connectivity index (χ3n) is 5.45. The number of ether oxygens (including phenoxy) is 5. The van der Waals surface area contributed by atoms with E-state index in [4.69, 9.17) is 28.8 Å². The highest BCUT2D eigenvalue weighted by atomic mass is 16.8. The molecule has 2 aliphatic heterocycles. The molecule has 216 valence electrons. The topological polar surface area (TPSA) is 213 Å². The third kappa shape index (κ3) is 7.47. The van der Waals surface area contributed by atoms with Crippen LogP contribution in [-0.4, -0.2) is 46.4 Å². The van der Waals surface area contributed by atoms with Crippen LogP contribution in [0.2, 0.25) is 0 Å². The van der Waals surface area contributed by atoms with E-state index in [1.54, 1.807) is 31.2 Å². The zero-order valence-corrected chi connectivity index (χ0v) is 21.4. The number of fused-ring (bicyclic) bond motifs is 2. The van der Waals surface area contributed by atoms with Gasteiger partial charge in [0.1, 0.15) is 28.4 Å². The summed E-state index contributed by atoms with van der Waals surface area (Å²) in [4.78, 5) is 40.4. The first-order valence-electron chi connectivity index (χ1n) is 11.7. The van der Waals surface area contributed by atoms with Crippen molar-refractivity contribution in [2.75, 3.05) is 20.2 Å². The fourth-order valence-corrected chi connectivity index (χ4v) is 3.66. The van der Waals surface area contributed by atoms with E-state index < -0.39 is 21.1 Å². The van der Waals surface area contributed by atoms with Gasteiger partial charge in [-0.3, -0.25) is 35.1 Å². The number of aromatic hydroxyl groups is 1. The van der Waals surface area contributed by atoms with Gasteiger partial charge in [-0.1, -0.05) is 18.2 Å². The highest BCUT2D eigenvalue weighted by molar-refractivity contribution is 5.85. The quantitative estimate of drug-likeness (QED) is 0.243. The number of nitro benzene ring substituents is 3.